The highest BCUT2D eigenvalue weighted by Crippen LogP contribution is 2.36. The highest BCUT2D eigenvalue weighted by atomic mass is 32.1. The summed E-state index contributed by atoms with van der Waals surface area (Å²) in [5.74, 6) is 1.57. The lowest BCUT2D eigenvalue weighted by Gasteiger charge is -2.32. The predicted octanol–water partition coefficient (Wildman–Crippen LogP) is 2.94. The molecular weight excluding hydrogens is 194 g/mol. The first-order valence-corrected chi connectivity index (χ1v) is 5.71. The Labute approximate surface area is 89.5 Å². The molecule has 1 fully saturated rings. The van der Waals surface area contributed by atoms with Crippen LogP contribution in [0.1, 0.15) is 39.2 Å². The van der Waals surface area contributed by atoms with Gasteiger partial charge in [0.2, 0.25) is 0 Å². The number of rotatable bonds is 1. The summed E-state index contributed by atoms with van der Waals surface area (Å²) in [4.78, 5) is 0. The van der Waals surface area contributed by atoms with Gasteiger partial charge in [0.1, 0.15) is 6.33 Å². The van der Waals surface area contributed by atoms with Gasteiger partial charge in [0.15, 0.2) is 4.77 Å². The van der Waals surface area contributed by atoms with E-state index < -0.39 is 0 Å². The lowest BCUT2D eigenvalue weighted by atomic mass is 9.80. The first-order valence-electron chi connectivity index (χ1n) is 5.30. The average Bonchev–Trinajstić information content (AvgIpc) is 2.52. The summed E-state index contributed by atoms with van der Waals surface area (Å²) < 4.78 is 2.88. The minimum atomic E-state index is 0.553. The van der Waals surface area contributed by atoms with Crippen molar-refractivity contribution in [3.8, 4) is 0 Å². The molecule has 14 heavy (non-hydrogen) atoms. The smallest absolute Gasteiger partial charge is 0.195 e. The van der Waals surface area contributed by atoms with Gasteiger partial charge in [0.25, 0.3) is 0 Å². The van der Waals surface area contributed by atoms with E-state index in [1.165, 1.54) is 19.3 Å². The third-order valence-corrected chi connectivity index (χ3v) is 3.62. The summed E-state index contributed by atoms with van der Waals surface area (Å²) in [5, 5.41) is 6.81. The zero-order valence-electron chi connectivity index (χ0n) is 8.73. The van der Waals surface area contributed by atoms with E-state index in [9.17, 15) is 0 Å². The zero-order valence-corrected chi connectivity index (χ0v) is 9.55. The number of aromatic amines is 1. The average molecular weight is 211 g/mol. The molecule has 0 aromatic carbocycles. The van der Waals surface area contributed by atoms with Gasteiger partial charge in [0.05, 0.1) is 0 Å². The fourth-order valence-electron chi connectivity index (χ4n) is 2.56. The maximum atomic E-state index is 5.19. The molecular formula is C10H17N3S. The van der Waals surface area contributed by atoms with Gasteiger partial charge in [-0.1, -0.05) is 13.8 Å². The number of hydrogen-bond acceptors (Lipinski definition) is 2. The van der Waals surface area contributed by atoms with Crippen LogP contribution in [0.25, 0.3) is 0 Å². The van der Waals surface area contributed by atoms with Gasteiger partial charge in [-0.15, -0.1) is 0 Å². The SMILES string of the molecule is CC1CCC(n2cn[nH]c2=S)C(C)C1. The number of aromatic nitrogens is 3. The lowest BCUT2D eigenvalue weighted by molar-refractivity contribution is 0.206. The van der Waals surface area contributed by atoms with Crippen molar-refractivity contribution in [3.05, 3.63) is 11.1 Å². The van der Waals surface area contributed by atoms with E-state index in [1.54, 1.807) is 0 Å². The molecule has 3 unspecified atom stereocenters. The van der Waals surface area contributed by atoms with Crippen molar-refractivity contribution in [1.82, 2.24) is 14.8 Å². The second-order valence-corrected chi connectivity index (χ2v) is 4.92. The van der Waals surface area contributed by atoms with E-state index in [-0.39, 0.29) is 0 Å². The van der Waals surface area contributed by atoms with Crippen LogP contribution in [0, 0.1) is 16.6 Å². The highest BCUT2D eigenvalue weighted by Gasteiger charge is 2.26. The molecule has 1 N–H and O–H groups in total. The van der Waals surface area contributed by atoms with Crippen molar-refractivity contribution in [3.63, 3.8) is 0 Å². The number of nitrogens with one attached hydrogen (secondary N) is 1. The van der Waals surface area contributed by atoms with Crippen molar-refractivity contribution in [2.45, 2.75) is 39.2 Å². The molecule has 3 atom stereocenters. The van der Waals surface area contributed by atoms with Gasteiger partial charge < -0.3 is 4.57 Å². The van der Waals surface area contributed by atoms with Gasteiger partial charge >= 0.3 is 0 Å². The van der Waals surface area contributed by atoms with Crippen LogP contribution in [0.5, 0.6) is 0 Å². The lowest BCUT2D eigenvalue weighted by Crippen LogP contribution is -2.24. The first kappa shape index (κ1) is 9.90. The van der Waals surface area contributed by atoms with E-state index in [4.69, 9.17) is 12.2 Å². The maximum absolute atomic E-state index is 5.19. The quantitative estimate of drug-likeness (QED) is 0.725. The molecule has 1 aliphatic rings. The Kier molecular flexibility index (Phi) is 2.72. The summed E-state index contributed by atoms with van der Waals surface area (Å²) in [5.41, 5.74) is 0. The van der Waals surface area contributed by atoms with Crippen LogP contribution in [0.4, 0.5) is 0 Å². The number of hydrogen-bond donors (Lipinski definition) is 1. The highest BCUT2D eigenvalue weighted by molar-refractivity contribution is 7.71. The predicted molar refractivity (Wildman–Crippen MR) is 58.6 cm³/mol. The molecule has 1 aliphatic carbocycles. The molecule has 3 nitrogen and oxygen atoms in total. The molecule has 0 bridgehead atoms. The molecule has 2 rings (SSSR count). The first-order chi connectivity index (χ1) is 6.68. The van der Waals surface area contributed by atoms with E-state index >= 15 is 0 Å². The molecule has 78 valence electrons. The van der Waals surface area contributed by atoms with E-state index in [0.29, 0.717) is 12.0 Å². The Balaban J connectivity index is 2.20. The fraction of sp³-hybridized carbons (Fsp3) is 0.800. The van der Waals surface area contributed by atoms with Crippen molar-refractivity contribution in [2.24, 2.45) is 11.8 Å². The maximum Gasteiger partial charge on any atom is 0.195 e. The minimum absolute atomic E-state index is 0.553. The van der Waals surface area contributed by atoms with Gasteiger partial charge in [-0.05, 0) is 43.3 Å². The van der Waals surface area contributed by atoms with Crippen LogP contribution in [0.2, 0.25) is 0 Å². The van der Waals surface area contributed by atoms with Gasteiger partial charge in [-0.25, -0.2) is 0 Å². The number of nitrogens with zero attached hydrogens (tertiary/aromatic N) is 2. The standard InChI is InChI=1S/C10H17N3S/c1-7-3-4-9(8(2)5-7)13-6-11-12-10(13)14/h6-9H,3-5H2,1-2H3,(H,12,14). The monoisotopic (exact) mass is 211 g/mol. The van der Waals surface area contributed by atoms with Crippen LogP contribution in [0.3, 0.4) is 0 Å². The molecule has 0 spiro atoms. The van der Waals surface area contributed by atoms with Gasteiger partial charge in [-0.2, -0.15) is 5.10 Å². The fourth-order valence-corrected chi connectivity index (χ4v) is 2.79. The third-order valence-electron chi connectivity index (χ3n) is 3.32. The molecule has 1 heterocycles. The third kappa shape index (κ3) is 1.75. The minimum Gasteiger partial charge on any atom is -0.303 e. The normalized spacial score (nSPS) is 33.1. The molecule has 0 aliphatic heterocycles. The summed E-state index contributed by atoms with van der Waals surface area (Å²) in [7, 11) is 0. The Bertz CT molecular complexity index is 354. The zero-order chi connectivity index (χ0) is 10.1. The molecule has 1 aromatic rings. The van der Waals surface area contributed by atoms with Gasteiger partial charge in [0, 0.05) is 6.04 Å². The molecule has 0 radical (unpaired) electrons. The van der Waals surface area contributed by atoms with Crippen LogP contribution >= 0.6 is 12.2 Å². The van der Waals surface area contributed by atoms with Crippen molar-refractivity contribution in [2.75, 3.05) is 0 Å². The Morgan fingerprint density at radius 3 is 2.86 bits per heavy atom. The van der Waals surface area contributed by atoms with Crippen molar-refractivity contribution in [1.29, 1.82) is 0 Å². The van der Waals surface area contributed by atoms with Gasteiger partial charge in [-0.3, -0.25) is 5.10 Å². The summed E-state index contributed by atoms with van der Waals surface area (Å²) in [6.45, 7) is 4.65. The molecule has 0 amide bonds. The summed E-state index contributed by atoms with van der Waals surface area (Å²) >= 11 is 5.19. The Hall–Kier alpha value is -0.640. The van der Waals surface area contributed by atoms with E-state index in [2.05, 4.69) is 28.6 Å². The van der Waals surface area contributed by atoms with Crippen molar-refractivity contribution >= 4 is 12.2 Å². The van der Waals surface area contributed by atoms with Crippen molar-refractivity contribution < 1.29 is 0 Å². The summed E-state index contributed by atoms with van der Waals surface area (Å²) in [6, 6.07) is 0.553. The van der Waals surface area contributed by atoms with Crippen LogP contribution in [-0.4, -0.2) is 14.8 Å². The molecule has 1 aromatic heterocycles. The Morgan fingerprint density at radius 2 is 2.29 bits per heavy atom. The topological polar surface area (TPSA) is 33.6 Å². The molecule has 0 saturated heterocycles. The molecule has 1 saturated carbocycles. The van der Waals surface area contributed by atoms with Crippen LogP contribution < -0.4 is 0 Å². The second kappa shape index (κ2) is 3.85. The van der Waals surface area contributed by atoms with Crippen LogP contribution in [-0.2, 0) is 0 Å². The van der Waals surface area contributed by atoms with E-state index in [0.717, 1.165) is 10.7 Å². The van der Waals surface area contributed by atoms with E-state index in [1.807, 2.05) is 6.33 Å². The number of H-pyrrole nitrogens is 1. The second-order valence-electron chi connectivity index (χ2n) is 4.53. The van der Waals surface area contributed by atoms with Crippen LogP contribution in [0.15, 0.2) is 6.33 Å². The Morgan fingerprint density at radius 1 is 1.50 bits per heavy atom. The molecule has 4 heteroatoms. The summed E-state index contributed by atoms with van der Waals surface area (Å²) in [6.07, 6.45) is 5.68. The largest absolute Gasteiger partial charge is 0.303 e.